The lowest BCUT2D eigenvalue weighted by atomic mass is 9.91. The van der Waals surface area contributed by atoms with E-state index in [4.69, 9.17) is 14.2 Å². The molecule has 5 nitrogen and oxygen atoms in total. The molecule has 5 heteroatoms. The summed E-state index contributed by atoms with van der Waals surface area (Å²) in [6.45, 7) is 6.97. The van der Waals surface area contributed by atoms with Crippen LogP contribution in [0.3, 0.4) is 0 Å². The van der Waals surface area contributed by atoms with E-state index in [0.29, 0.717) is 24.7 Å². The van der Waals surface area contributed by atoms with Crippen LogP contribution in [-0.4, -0.2) is 25.7 Å². The number of benzene rings is 2. The van der Waals surface area contributed by atoms with Gasteiger partial charge < -0.3 is 19.5 Å². The number of carbonyl (C=O) groups is 1. The molecule has 1 amide bonds. The Morgan fingerprint density at radius 1 is 0.966 bits per heavy atom. The second-order valence-corrected chi connectivity index (χ2v) is 7.25. The number of hydrogen-bond donors (Lipinski definition) is 1. The zero-order valence-corrected chi connectivity index (χ0v) is 17.6. The van der Waals surface area contributed by atoms with Crippen LogP contribution in [0.4, 0.5) is 0 Å². The first-order valence-electron chi connectivity index (χ1n) is 10.5. The molecule has 1 aliphatic carbocycles. The van der Waals surface area contributed by atoms with Gasteiger partial charge in [0.1, 0.15) is 5.75 Å². The van der Waals surface area contributed by atoms with E-state index in [1.165, 1.54) is 24.0 Å². The molecule has 156 valence electrons. The highest BCUT2D eigenvalue weighted by atomic mass is 16.5. The highest BCUT2D eigenvalue weighted by Gasteiger charge is 2.16. The number of nitrogens with one attached hydrogen (secondary N) is 1. The van der Waals surface area contributed by atoms with Crippen molar-refractivity contribution in [2.45, 2.75) is 52.5 Å². The number of aryl methyl sites for hydroxylation is 1. The van der Waals surface area contributed by atoms with Crippen LogP contribution in [0.2, 0.25) is 0 Å². The van der Waals surface area contributed by atoms with Crippen molar-refractivity contribution in [2.24, 2.45) is 0 Å². The summed E-state index contributed by atoms with van der Waals surface area (Å²) >= 11 is 0. The van der Waals surface area contributed by atoms with Gasteiger partial charge >= 0.3 is 0 Å². The Labute approximate surface area is 173 Å². The maximum atomic E-state index is 12.5. The van der Waals surface area contributed by atoms with Gasteiger partial charge in [0.05, 0.1) is 19.3 Å². The van der Waals surface area contributed by atoms with E-state index in [-0.39, 0.29) is 18.6 Å². The molecule has 0 heterocycles. The van der Waals surface area contributed by atoms with E-state index in [2.05, 4.69) is 11.4 Å². The second kappa shape index (κ2) is 10.2. The molecule has 0 saturated heterocycles. The fraction of sp³-hybridized carbons (Fsp3) is 0.458. The summed E-state index contributed by atoms with van der Waals surface area (Å²) in [5.74, 6) is 2.11. The minimum atomic E-state index is -0.161. The minimum Gasteiger partial charge on any atom is -0.490 e. The largest absolute Gasteiger partial charge is 0.490 e. The SMILES string of the molecule is CCOc1ccc(C(C)NC(=O)COc2cccc3c2CCCC3)cc1OCC. The van der Waals surface area contributed by atoms with Crippen LogP contribution in [0, 0.1) is 0 Å². The first-order chi connectivity index (χ1) is 14.1. The number of hydrogen-bond acceptors (Lipinski definition) is 4. The van der Waals surface area contributed by atoms with Gasteiger partial charge in [0.25, 0.3) is 5.91 Å². The van der Waals surface area contributed by atoms with Gasteiger partial charge in [-0.3, -0.25) is 4.79 Å². The quantitative estimate of drug-likeness (QED) is 0.671. The summed E-state index contributed by atoms with van der Waals surface area (Å²) in [5, 5.41) is 3.01. The molecule has 0 spiro atoms. The Kier molecular flexibility index (Phi) is 7.39. The first-order valence-corrected chi connectivity index (χ1v) is 10.5. The second-order valence-electron chi connectivity index (χ2n) is 7.25. The third kappa shape index (κ3) is 5.43. The summed E-state index contributed by atoms with van der Waals surface area (Å²) in [5.41, 5.74) is 3.56. The Hall–Kier alpha value is -2.69. The van der Waals surface area contributed by atoms with Crippen molar-refractivity contribution in [3.8, 4) is 17.2 Å². The molecule has 1 aliphatic rings. The number of ether oxygens (including phenoxy) is 3. The number of carbonyl (C=O) groups excluding carboxylic acids is 1. The Morgan fingerprint density at radius 2 is 1.72 bits per heavy atom. The topological polar surface area (TPSA) is 56.8 Å². The first kappa shape index (κ1) is 21.0. The van der Waals surface area contributed by atoms with Crippen molar-refractivity contribution in [3.63, 3.8) is 0 Å². The van der Waals surface area contributed by atoms with Crippen LogP contribution in [0.1, 0.15) is 56.3 Å². The smallest absolute Gasteiger partial charge is 0.258 e. The van der Waals surface area contributed by atoms with Gasteiger partial charge in [-0.1, -0.05) is 18.2 Å². The van der Waals surface area contributed by atoms with Gasteiger partial charge in [0.15, 0.2) is 18.1 Å². The van der Waals surface area contributed by atoms with E-state index < -0.39 is 0 Å². The molecule has 1 atom stereocenters. The van der Waals surface area contributed by atoms with Gasteiger partial charge in [-0.05, 0) is 81.3 Å². The van der Waals surface area contributed by atoms with Crippen molar-refractivity contribution in [3.05, 3.63) is 53.1 Å². The molecule has 3 rings (SSSR count). The lowest BCUT2D eigenvalue weighted by Gasteiger charge is -2.20. The van der Waals surface area contributed by atoms with Crippen molar-refractivity contribution in [2.75, 3.05) is 19.8 Å². The molecular weight excluding hydrogens is 366 g/mol. The molecule has 0 radical (unpaired) electrons. The van der Waals surface area contributed by atoms with Crippen LogP contribution >= 0.6 is 0 Å². The van der Waals surface area contributed by atoms with Crippen molar-refractivity contribution in [1.29, 1.82) is 0 Å². The maximum absolute atomic E-state index is 12.5. The monoisotopic (exact) mass is 397 g/mol. The van der Waals surface area contributed by atoms with E-state index in [0.717, 1.165) is 24.2 Å². The molecule has 29 heavy (non-hydrogen) atoms. The fourth-order valence-corrected chi connectivity index (χ4v) is 3.73. The Morgan fingerprint density at radius 3 is 2.52 bits per heavy atom. The molecule has 0 fully saturated rings. The predicted octanol–water partition coefficient (Wildman–Crippen LogP) is 4.62. The number of rotatable bonds is 9. The molecule has 2 aromatic carbocycles. The van der Waals surface area contributed by atoms with Crippen LogP contribution in [0.15, 0.2) is 36.4 Å². The van der Waals surface area contributed by atoms with E-state index >= 15 is 0 Å². The zero-order chi connectivity index (χ0) is 20.6. The number of amides is 1. The molecule has 0 saturated carbocycles. The summed E-state index contributed by atoms with van der Waals surface area (Å²) < 4.78 is 17.1. The van der Waals surface area contributed by atoms with Crippen molar-refractivity contribution in [1.82, 2.24) is 5.32 Å². The minimum absolute atomic E-state index is 0.0101. The fourth-order valence-electron chi connectivity index (χ4n) is 3.73. The molecule has 1 unspecified atom stereocenters. The third-order valence-corrected chi connectivity index (χ3v) is 5.16. The van der Waals surface area contributed by atoms with Crippen molar-refractivity contribution >= 4 is 5.91 Å². The van der Waals surface area contributed by atoms with E-state index in [1.54, 1.807) is 0 Å². The standard InChI is InChI=1S/C24H31NO4/c1-4-27-22-14-13-19(15-23(22)28-5-2)17(3)25-24(26)16-29-21-12-8-10-18-9-6-7-11-20(18)21/h8,10,12-15,17H,4-7,9,11,16H2,1-3H3,(H,25,26). The van der Waals surface area contributed by atoms with Gasteiger partial charge in [0, 0.05) is 0 Å². The summed E-state index contributed by atoms with van der Waals surface area (Å²) in [6, 6.07) is 11.7. The highest BCUT2D eigenvalue weighted by molar-refractivity contribution is 5.78. The van der Waals surface area contributed by atoms with Crippen molar-refractivity contribution < 1.29 is 19.0 Å². The number of fused-ring (bicyclic) bond motifs is 1. The average molecular weight is 398 g/mol. The zero-order valence-electron chi connectivity index (χ0n) is 17.6. The molecule has 0 bridgehead atoms. The Bertz CT molecular complexity index is 834. The Balaban J connectivity index is 1.60. The van der Waals surface area contributed by atoms with E-state index in [1.807, 2.05) is 51.1 Å². The average Bonchev–Trinajstić information content (AvgIpc) is 2.73. The summed E-state index contributed by atoms with van der Waals surface area (Å²) in [7, 11) is 0. The van der Waals surface area contributed by atoms with Gasteiger partial charge in [-0.2, -0.15) is 0 Å². The molecular formula is C24H31NO4. The van der Waals surface area contributed by atoms with Gasteiger partial charge in [0.2, 0.25) is 0 Å². The maximum Gasteiger partial charge on any atom is 0.258 e. The van der Waals surface area contributed by atoms with Gasteiger partial charge in [-0.25, -0.2) is 0 Å². The summed E-state index contributed by atoms with van der Waals surface area (Å²) in [4.78, 5) is 12.5. The summed E-state index contributed by atoms with van der Waals surface area (Å²) in [6.07, 6.45) is 4.52. The van der Waals surface area contributed by atoms with Crippen LogP contribution in [0.5, 0.6) is 17.2 Å². The van der Waals surface area contributed by atoms with Crippen LogP contribution in [0.25, 0.3) is 0 Å². The van der Waals surface area contributed by atoms with Crippen LogP contribution < -0.4 is 19.5 Å². The molecule has 2 aromatic rings. The normalized spacial score (nSPS) is 13.9. The predicted molar refractivity (Wildman–Crippen MR) is 114 cm³/mol. The highest BCUT2D eigenvalue weighted by Crippen LogP contribution is 2.31. The molecule has 0 aromatic heterocycles. The molecule has 1 N–H and O–H groups in total. The van der Waals surface area contributed by atoms with Gasteiger partial charge in [-0.15, -0.1) is 0 Å². The lowest BCUT2D eigenvalue weighted by molar-refractivity contribution is -0.123. The lowest BCUT2D eigenvalue weighted by Crippen LogP contribution is -2.31. The van der Waals surface area contributed by atoms with Crippen LogP contribution in [-0.2, 0) is 17.6 Å². The van der Waals surface area contributed by atoms with E-state index in [9.17, 15) is 4.79 Å². The molecule has 0 aliphatic heterocycles. The third-order valence-electron chi connectivity index (χ3n) is 5.16.